The van der Waals surface area contributed by atoms with E-state index in [1.807, 2.05) is 57.2 Å². The molecule has 2 saturated heterocycles. The molecule has 2 atom stereocenters. The minimum Gasteiger partial charge on any atom is -0.493 e. The predicted octanol–water partition coefficient (Wildman–Crippen LogP) is 9.09. The minimum atomic E-state index is -4.80. The Morgan fingerprint density at radius 3 is 2.35 bits per heavy atom. The average molecular weight is 1070 g/mol. The molecule has 8 rings (SSSR count). The van der Waals surface area contributed by atoms with Gasteiger partial charge in [0.25, 0.3) is 11.8 Å². The van der Waals surface area contributed by atoms with Crippen LogP contribution in [0.2, 0.25) is 0 Å². The van der Waals surface area contributed by atoms with E-state index >= 15 is 0 Å². The Morgan fingerprint density at radius 2 is 1.65 bits per heavy atom. The second kappa shape index (κ2) is 23.3. The van der Waals surface area contributed by atoms with Gasteiger partial charge in [0, 0.05) is 49.5 Å². The predicted molar refractivity (Wildman–Crippen MR) is 280 cm³/mol. The summed E-state index contributed by atoms with van der Waals surface area (Å²) in [5, 5.41) is 12.3. The summed E-state index contributed by atoms with van der Waals surface area (Å²) < 4.78 is 64.9. The molecule has 2 fully saturated rings. The standard InChI is InChI=1S/C55H58F3N7O8S2/c1-34(2)47(63-32-39-10-6-7-11-43(39)50(63)67)51(68)62-21-8-12-45(62)49(66)60-31-38-14-13-36(48-35(3)61-33-75-48)28-46(38)73-23-9-22-70-24-25-71-26-27-72-42-19-17-40(18-20-42)65-53(74)64(52(69)54(65,4)5)41-16-15-37(30-59)44(29-41)55(56,57)58/h6-7,10-11,13-20,28-29,33-34,45,47H,8-9,12,21-27,31-32H2,1-5H3,(H,60,66)/t45-,47?/m0/s1. The van der Waals surface area contributed by atoms with Gasteiger partial charge in [-0.15, -0.1) is 11.3 Å². The van der Waals surface area contributed by atoms with Crippen LogP contribution in [0.1, 0.15) is 85.3 Å². The van der Waals surface area contributed by atoms with Crippen LogP contribution in [0.3, 0.4) is 0 Å². The maximum absolute atomic E-state index is 14.2. The van der Waals surface area contributed by atoms with E-state index in [1.54, 1.807) is 70.5 Å². The molecule has 0 saturated carbocycles. The minimum absolute atomic E-state index is 0.00956. The van der Waals surface area contributed by atoms with Crippen LogP contribution in [-0.4, -0.2) is 107 Å². The molecule has 4 heterocycles. The summed E-state index contributed by atoms with van der Waals surface area (Å²) in [6, 6.07) is 23.3. The first-order valence-electron chi connectivity index (χ1n) is 24.7. The van der Waals surface area contributed by atoms with Crippen molar-refractivity contribution >= 4 is 63.7 Å². The van der Waals surface area contributed by atoms with Gasteiger partial charge >= 0.3 is 6.18 Å². The Kier molecular flexibility index (Phi) is 16.9. The lowest BCUT2D eigenvalue weighted by molar-refractivity contribution is -0.143. The van der Waals surface area contributed by atoms with E-state index in [2.05, 4.69) is 10.3 Å². The molecule has 5 aromatic rings. The van der Waals surface area contributed by atoms with Crippen molar-refractivity contribution in [3.8, 4) is 28.0 Å². The number of aryl methyl sites for hydroxylation is 1. The number of alkyl halides is 3. The van der Waals surface area contributed by atoms with Gasteiger partial charge in [0.2, 0.25) is 11.8 Å². The lowest BCUT2D eigenvalue weighted by Gasteiger charge is -2.35. The van der Waals surface area contributed by atoms with Crippen molar-refractivity contribution in [2.24, 2.45) is 5.92 Å². The highest BCUT2D eigenvalue weighted by molar-refractivity contribution is 7.81. The van der Waals surface area contributed by atoms with E-state index in [4.69, 9.17) is 31.2 Å². The summed E-state index contributed by atoms with van der Waals surface area (Å²) in [5.74, 6) is -0.188. The molecule has 0 radical (unpaired) electrons. The number of ether oxygens (including phenoxy) is 4. The molecule has 75 heavy (non-hydrogen) atoms. The Hall–Kier alpha value is -6.92. The molecule has 15 nitrogen and oxygen atoms in total. The number of nitrogens with one attached hydrogen (secondary N) is 1. The number of nitriles is 1. The molecule has 3 aliphatic rings. The van der Waals surface area contributed by atoms with Gasteiger partial charge in [0.15, 0.2) is 5.11 Å². The maximum Gasteiger partial charge on any atom is 0.417 e. The van der Waals surface area contributed by atoms with E-state index < -0.39 is 40.8 Å². The fraction of sp³-hybridized carbons (Fsp3) is 0.400. The highest BCUT2D eigenvalue weighted by Gasteiger charge is 2.51. The number of likely N-dealkylation sites (tertiary alicyclic amines) is 1. The van der Waals surface area contributed by atoms with Crippen LogP contribution in [0.25, 0.3) is 10.4 Å². The first kappa shape index (κ1) is 54.3. The number of benzene rings is 4. The van der Waals surface area contributed by atoms with Crippen LogP contribution in [-0.2, 0) is 43.1 Å². The van der Waals surface area contributed by atoms with Crippen LogP contribution in [0.15, 0.2) is 90.4 Å². The SMILES string of the molecule is Cc1ncsc1-c1ccc(CNC(=O)[C@@H]2CCCN2C(=O)C(C(C)C)N2Cc3ccccc3C2=O)c(OCCCOCCOCCOc2ccc(N3C(=S)N(c4ccc(C#N)c(C(F)(F)F)c4)C(=O)C3(C)C)cc2)c1. The van der Waals surface area contributed by atoms with Crippen LogP contribution in [0, 0.1) is 24.2 Å². The van der Waals surface area contributed by atoms with E-state index in [1.165, 1.54) is 17.4 Å². The fourth-order valence-electron chi connectivity index (χ4n) is 9.64. The molecule has 20 heteroatoms. The molecule has 1 N–H and O–H groups in total. The zero-order valence-corrected chi connectivity index (χ0v) is 43.9. The Labute approximate surface area is 443 Å². The van der Waals surface area contributed by atoms with Crippen molar-refractivity contribution in [3.63, 3.8) is 0 Å². The normalized spacial score (nSPS) is 16.7. The second-order valence-corrected chi connectivity index (χ2v) is 20.4. The summed E-state index contributed by atoms with van der Waals surface area (Å²) in [5.41, 5.74) is 3.41. The molecule has 0 spiro atoms. The molecular weight excluding hydrogens is 1010 g/mol. The number of carbonyl (C=O) groups excluding carboxylic acids is 4. The van der Waals surface area contributed by atoms with Gasteiger partial charge in [-0.1, -0.05) is 44.2 Å². The van der Waals surface area contributed by atoms with Crippen LogP contribution in [0.5, 0.6) is 11.5 Å². The smallest absolute Gasteiger partial charge is 0.417 e. The Bertz CT molecular complexity index is 2980. The van der Waals surface area contributed by atoms with Crippen molar-refractivity contribution in [2.45, 2.75) is 90.8 Å². The number of halogens is 3. The number of carbonyl (C=O) groups is 4. The number of aromatic nitrogens is 1. The lowest BCUT2D eigenvalue weighted by Crippen LogP contribution is -2.55. The molecule has 1 aromatic heterocycles. The van der Waals surface area contributed by atoms with Gasteiger partial charge in [-0.2, -0.15) is 18.4 Å². The number of amides is 4. The average Bonchev–Trinajstić information content (AvgIpc) is 4.18. The number of nitrogens with zero attached hydrogens (tertiary/aromatic N) is 6. The molecule has 394 valence electrons. The summed E-state index contributed by atoms with van der Waals surface area (Å²) in [6.07, 6.45) is -3.03. The molecular formula is C55H58F3N7O8S2. The number of anilines is 2. The first-order chi connectivity index (χ1) is 35.9. The third-order valence-electron chi connectivity index (χ3n) is 13.4. The zero-order chi connectivity index (χ0) is 53.6. The van der Waals surface area contributed by atoms with Gasteiger partial charge in [-0.05, 0) is 117 Å². The van der Waals surface area contributed by atoms with E-state index in [9.17, 15) is 37.6 Å². The molecule has 0 bridgehead atoms. The van der Waals surface area contributed by atoms with E-state index in [0.29, 0.717) is 81.5 Å². The van der Waals surface area contributed by atoms with Crippen LogP contribution >= 0.6 is 23.6 Å². The number of rotatable bonds is 21. The largest absolute Gasteiger partial charge is 0.493 e. The van der Waals surface area contributed by atoms with Gasteiger partial charge in [-0.3, -0.25) is 24.1 Å². The lowest BCUT2D eigenvalue weighted by atomic mass is 10.0. The van der Waals surface area contributed by atoms with Gasteiger partial charge in [-0.25, -0.2) is 4.98 Å². The van der Waals surface area contributed by atoms with Crippen molar-refractivity contribution in [1.29, 1.82) is 5.26 Å². The highest BCUT2D eigenvalue weighted by atomic mass is 32.1. The highest BCUT2D eigenvalue weighted by Crippen LogP contribution is 2.40. The first-order valence-corrected chi connectivity index (χ1v) is 26.0. The van der Waals surface area contributed by atoms with Crippen molar-refractivity contribution in [2.75, 3.05) is 56.0 Å². The Morgan fingerprint density at radius 1 is 0.933 bits per heavy atom. The van der Waals surface area contributed by atoms with Crippen LogP contribution in [0.4, 0.5) is 24.5 Å². The summed E-state index contributed by atoms with van der Waals surface area (Å²) in [6.45, 7) is 12.0. The van der Waals surface area contributed by atoms with E-state index in [0.717, 1.165) is 44.3 Å². The van der Waals surface area contributed by atoms with E-state index in [-0.39, 0.29) is 54.2 Å². The van der Waals surface area contributed by atoms with Gasteiger partial charge in [0.1, 0.15) is 35.7 Å². The zero-order valence-electron chi connectivity index (χ0n) is 42.3. The third kappa shape index (κ3) is 11.8. The number of fused-ring (bicyclic) bond motifs is 1. The maximum atomic E-state index is 14.2. The fourth-order valence-corrected chi connectivity index (χ4v) is 11.0. The third-order valence-corrected chi connectivity index (χ3v) is 14.8. The van der Waals surface area contributed by atoms with Crippen molar-refractivity contribution in [3.05, 3.63) is 124 Å². The summed E-state index contributed by atoms with van der Waals surface area (Å²) in [7, 11) is 0. The number of hydrogen-bond donors (Lipinski definition) is 1. The molecule has 3 aliphatic heterocycles. The number of hydrogen-bond acceptors (Lipinski definition) is 12. The summed E-state index contributed by atoms with van der Waals surface area (Å²) in [4.78, 5) is 66.4. The number of thiocarbonyl (C=S) groups is 1. The number of thiazole rings is 1. The topological polar surface area (TPSA) is 167 Å². The Balaban J connectivity index is 0.772. The molecule has 0 aliphatic carbocycles. The molecule has 1 unspecified atom stereocenters. The van der Waals surface area contributed by atoms with Crippen LogP contribution < -0.4 is 24.6 Å². The quantitative estimate of drug-likeness (QED) is 0.0548. The van der Waals surface area contributed by atoms with Crippen molar-refractivity contribution < 1.29 is 51.3 Å². The molecule has 4 amide bonds. The molecule has 4 aromatic carbocycles. The second-order valence-electron chi connectivity index (χ2n) is 19.2. The van der Waals surface area contributed by atoms with Gasteiger partial charge < -0.3 is 39.0 Å². The van der Waals surface area contributed by atoms with Crippen molar-refractivity contribution in [1.82, 2.24) is 20.1 Å². The monoisotopic (exact) mass is 1070 g/mol. The summed E-state index contributed by atoms with van der Waals surface area (Å²) >= 11 is 7.17. The van der Waals surface area contributed by atoms with Gasteiger partial charge in [0.05, 0.1) is 65.4 Å².